The van der Waals surface area contributed by atoms with E-state index in [0.29, 0.717) is 6.04 Å². The highest BCUT2D eigenvalue weighted by Gasteiger charge is 2.15. The lowest BCUT2D eigenvalue weighted by molar-refractivity contribution is 0.249. The molecule has 0 aromatic rings. The molecule has 58 valence electrons. The minimum atomic E-state index is 0.625. The summed E-state index contributed by atoms with van der Waals surface area (Å²) >= 11 is 0. The van der Waals surface area contributed by atoms with E-state index >= 15 is 0 Å². The molecule has 0 atom stereocenters. The van der Waals surface area contributed by atoms with Crippen LogP contribution >= 0.6 is 0 Å². The van der Waals surface area contributed by atoms with Crippen molar-refractivity contribution in [2.75, 3.05) is 13.7 Å². The molecule has 10 heavy (non-hydrogen) atoms. The molecule has 0 radical (unpaired) electrons. The van der Waals surface area contributed by atoms with Crippen LogP contribution in [0.25, 0.3) is 0 Å². The summed E-state index contributed by atoms with van der Waals surface area (Å²) in [5.74, 6) is 0. The van der Waals surface area contributed by atoms with Crippen molar-refractivity contribution in [1.29, 1.82) is 0 Å². The van der Waals surface area contributed by atoms with Crippen LogP contribution in [0.3, 0.4) is 0 Å². The zero-order valence-corrected chi connectivity index (χ0v) is 7.26. The molecule has 0 saturated carbocycles. The third kappa shape index (κ3) is 1.25. The van der Waals surface area contributed by atoms with Gasteiger partial charge in [0.15, 0.2) is 0 Å². The van der Waals surface area contributed by atoms with Crippen molar-refractivity contribution >= 4 is 0 Å². The van der Waals surface area contributed by atoms with Gasteiger partial charge >= 0.3 is 0 Å². The summed E-state index contributed by atoms with van der Waals surface area (Å²) in [6, 6.07) is 0.625. The van der Waals surface area contributed by atoms with Gasteiger partial charge in [-0.3, -0.25) is 0 Å². The first-order valence-corrected chi connectivity index (χ1v) is 3.76. The summed E-state index contributed by atoms with van der Waals surface area (Å²) in [6.07, 6.45) is 2.21. The van der Waals surface area contributed by atoms with Crippen molar-refractivity contribution in [3.8, 4) is 0 Å². The minimum Gasteiger partial charge on any atom is -0.359 e. The van der Waals surface area contributed by atoms with Gasteiger partial charge in [-0.1, -0.05) is 0 Å². The zero-order chi connectivity index (χ0) is 7.72. The Morgan fingerprint density at radius 2 is 2.10 bits per heavy atom. The third-order valence-corrected chi connectivity index (χ3v) is 1.99. The van der Waals surface area contributed by atoms with Gasteiger partial charge in [-0.15, -0.1) is 0 Å². The molecule has 0 N–H and O–H groups in total. The first-order valence-electron chi connectivity index (χ1n) is 3.76. The van der Waals surface area contributed by atoms with Crippen LogP contribution < -0.4 is 0 Å². The Labute approximate surface area is 63.1 Å². The minimum absolute atomic E-state index is 0.625. The van der Waals surface area contributed by atoms with Gasteiger partial charge in [0.25, 0.3) is 0 Å². The number of allylic oxidation sites excluding steroid dienone is 1. The number of hydrogen-bond acceptors (Lipinski definition) is 2. The maximum atomic E-state index is 2.33. The normalized spacial score (nSPS) is 18.7. The molecule has 2 heteroatoms. The molecule has 0 amide bonds. The highest BCUT2D eigenvalue weighted by molar-refractivity contribution is 5.02. The van der Waals surface area contributed by atoms with Crippen LogP contribution in [0.2, 0.25) is 0 Å². The van der Waals surface area contributed by atoms with Crippen molar-refractivity contribution in [2.45, 2.75) is 26.8 Å². The van der Waals surface area contributed by atoms with Crippen LogP contribution in [0.15, 0.2) is 11.9 Å². The summed E-state index contributed by atoms with van der Waals surface area (Å²) in [7, 11) is 2.12. The highest BCUT2D eigenvalue weighted by Crippen LogP contribution is 2.14. The number of hydrogen-bond donors (Lipinski definition) is 0. The summed E-state index contributed by atoms with van der Waals surface area (Å²) in [6.45, 7) is 7.61. The molecule has 0 spiro atoms. The topological polar surface area (TPSA) is 6.48 Å². The molecule has 0 aromatic heterocycles. The molecule has 0 bridgehead atoms. The van der Waals surface area contributed by atoms with Crippen LogP contribution in [0.5, 0.6) is 0 Å². The van der Waals surface area contributed by atoms with Crippen LogP contribution in [0.1, 0.15) is 20.8 Å². The Balaban J connectivity index is 2.56. The Hall–Kier alpha value is -0.660. The molecule has 1 aliphatic heterocycles. The van der Waals surface area contributed by atoms with E-state index in [9.17, 15) is 0 Å². The zero-order valence-electron chi connectivity index (χ0n) is 7.26. The summed E-state index contributed by atoms with van der Waals surface area (Å²) in [4.78, 5) is 4.58. The van der Waals surface area contributed by atoms with Gasteiger partial charge < -0.3 is 9.80 Å². The van der Waals surface area contributed by atoms with E-state index in [4.69, 9.17) is 0 Å². The molecule has 0 aromatic carbocycles. The van der Waals surface area contributed by atoms with Crippen molar-refractivity contribution in [3.05, 3.63) is 11.9 Å². The van der Waals surface area contributed by atoms with E-state index in [0.717, 1.165) is 6.67 Å². The second-order valence-corrected chi connectivity index (χ2v) is 3.22. The molecule has 0 unspecified atom stereocenters. The number of rotatable bonds is 1. The summed E-state index contributed by atoms with van der Waals surface area (Å²) in [5, 5.41) is 0. The van der Waals surface area contributed by atoms with Crippen molar-refractivity contribution in [2.24, 2.45) is 0 Å². The van der Waals surface area contributed by atoms with Crippen LogP contribution in [-0.4, -0.2) is 29.6 Å². The van der Waals surface area contributed by atoms with Crippen LogP contribution in [0.4, 0.5) is 0 Å². The standard InChI is InChI=1S/C8H16N2/c1-7(2)10-5-8(3)9(4)6-10/h5,7H,6H2,1-4H3. The average Bonchev–Trinajstić information content (AvgIpc) is 2.13. The lowest BCUT2D eigenvalue weighted by Crippen LogP contribution is -2.28. The molecule has 1 rings (SSSR count). The Bertz CT molecular complexity index is 149. The first-order chi connectivity index (χ1) is 4.61. The molecular formula is C8H16N2. The van der Waals surface area contributed by atoms with Crippen molar-refractivity contribution < 1.29 is 0 Å². The molecule has 1 heterocycles. The predicted octanol–water partition coefficient (Wildman–Crippen LogP) is 1.46. The summed E-state index contributed by atoms with van der Waals surface area (Å²) < 4.78 is 0. The first kappa shape index (κ1) is 7.45. The number of nitrogens with zero attached hydrogens (tertiary/aromatic N) is 2. The van der Waals surface area contributed by atoms with E-state index in [1.807, 2.05) is 0 Å². The molecule has 0 fully saturated rings. The van der Waals surface area contributed by atoms with Gasteiger partial charge in [0, 0.05) is 25.0 Å². The van der Waals surface area contributed by atoms with Crippen molar-refractivity contribution in [1.82, 2.24) is 9.80 Å². The van der Waals surface area contributed by atoms with Crippen LogP contribution in [-0.2, 0) is 0 Å². The fourth-order valence-electron chi connectivity index (χ4n) is 1.05. The average molecular weight is 140 g/mol. The molecule has 0 saturated heterocycles. The van der Waals surface area contributed by atoms with Crippen LogP contribution in [0, 0.1) is 0 Å². The van der Waals surface area contributed by atoms with Crippen molar-refractivity contribution in [3.63, 3.8) is 0 Å². The largest absolute Gasteiger partial charge is 0.359 e. The highest BCUT2D eigenvalue weighted by atomic mass is 15.3. The van der Waals surface area contributed by atoms with E-state index in [1.165, 1.54) is 5.70 Å². The molecular weight excluding hydrogens is 124 g/mol. The maximum Gasteiger partial charge on any atom is 0.0895 e. The van der Waals surface area contributed by atoms with E-state index in [1.54, 1.807) is 0 Å². The monoisotopic (exact) mass is 140 g/mol. The maximum absolute atomic E-state index is 2.33. The summed E-state index contributed by atoms with van der Waals surface area (Å²) in [5.41, 5.74) is 1.36. The lowest BCUT2D eigenvalue weighted by atomic mass is 10.4. The Morgan fingerprint density at radius 3 is 2.30 bits per heavy atom. The quantitative estimate of drug-likeness (QED) is 0.544. The molecule has 1 aliphatic rings. The fraction of sp³-hybridized carbons (Fsp3) is 0.750. The van der Waals surface area contributed by atoms with Gasteiger partial charge in [-0.25, -0.2) is 0 Å². The van der Waals surface area contributed by atoms with Gasteiger partial charge in [-0.2, -0.15) is 0 Å². The molecule has 2 nitrogen and oxygen atoms in total. The van der Waals surface area contributed by atoms with E-state index in [2.05, 4.69) is 43.8 Å². The second kappa shape index (κ2) is 2.52. The molecule has 0 aliphatic carbocycles. The predicted molar refractivity (Wildman–Crippen MR) is 43.4 cm³/mol. The SMILES string of the molecule is CC1=CN(C(C)C)CN1C. The fourth-order valence-corrected chi connectivity index (χ4v) is 1.05. The Kier molecular flexibility index (Phi) is 1.88. The lowest BCUT2D eigenvalue weighted by Gasteiger charge is -2.22. The van der Waals surface area contributed by atoms with Gasteiger partial charge in [-0.05, 0) is 20.8 Å². The van der Waals surface area contributed by atoms with E-state index in [-0.39, 0.29) is 0 Å². The van der Waals surface area contributed by atoms with Gasteiger partial charge in [0.2, 0.25) is 0 Å². The second-order valence-electron chi connectivity index (χ2n) is 3.22. The van der Waals surface area contributed by atoms with Gasteiger partial charge in [0.05, 0.1) is 6.67 Å². The van der Waals surface area contributed by atoms with Gasteiger partial charge in [0.1, 0.15) is 0 Å². The smallest absolute Gasteiger partial charge is 0.0895 e. The van der Waals surface area contributed by atoms with E-state index < -0.39 is 0 Å². The third-order valence-electron chi connectivity index (χ3n) is 1.99. The Morgan fingerprint density at radius 1 is 1.50 bits per heavy atom.